The zero-order valence-corrected chi connectivity index (χ0v) is 9.53. The predicted molar refractivity (Wildman–Crippen MR) is 60.9 cm³/mol. The Labute approximate surface area is 99.4 Å². The molecular formula is C13H15FN2O. The van der Waals surface area contributed by atoms with Crippen molar-refractivity contribution < 1.29 is 9.18 Å². The smallest absolute Gasteiger partial charge is 0.256 e. The minimum absolute atomic E-state index is 0.0544. The highest BCUT2D eigenvalue weighted by molar-refractivity contribution is 5.94. The second kappa shape index (κ2) is 4.09. The molecule has 2 aliphatic rings. The first-order valence-corrected chi connectivity index (χ1v) is 6.17. The molecule has 0 radical (unpaired) electrons. The molecule has 0 saturated heterocycles. The van der Waals surface area contributed by atoms with Gasteiger partial charge < -0.3 is 5.32 Å². The molecule has 3 rings (SSSR count). The van der Waals surface area contributed by atoms with Gasteiger partial charge in [-0.05, 0) is 49.7 Å². The van der Waals surface area contributed by atoms with Crippen LogP contribution in [0, 0.1) is 17.8 Å². The van der Waals surface area contributed by atoms with Gasteiger partial charge in [0.15, 0.2) is 0 Å². The third kappa shape index (κ3) is 2.30. The highest BCUT2D eigenvalue weighted by atomic mass is 19.1. The molecule has 1 heterocycles. The Bertz CT molecular complexity index is 429. The lowest BCUT2D eigenvalue weighted by Gasteiger charge is -2.17. The van der Waals surface area contributed by atoms with E-state index in [2.05, 4.69) is 10.3 Å². The summed E-state index contributed by atoms with van der Waals surface area (Å²) in [6.07, 6.45) is 6.12. The second-order valence-corrected chi connectivity index (χ2v) is 5.02. The summed E-state index contributed by atoms with van der Waals surface area (Å²) in [6.45, 7) is 0. The number of hydrogen-bond acceptors (Lipinski definition) is 2. The van der Waals surface area contributed by atoms with Gasteiger partial charge >= 0.3 is 0 Å². The van der Waals surface area contributed by atoms with Crippen molar-refractivity contribution in [2.75, 3.05) is 0 Å². The molecule has 4 heteroatoms. The van der Waals surface area contributed by atoms with Gasteiger partial charge in [0.2, 0.25) is 5.95 Å². The van der Waals surface area contributed by atoms with Crippen molar-refractivity contribution in [2.24, 2.45) is 11.8 Å². The average Bonchev–Trinajstić information content (AvgIpc) is 3.16. The molecule has 90 valence electrons. The van der Waals surface area contributed by atoms with Gasteiger partial charge in [0.25, 0.3) is 5.91 Å². The molecule has 3 nitrogen and oxygen atoms in total. The summed E-state index contributed by atoms with van der Waals surface area (Å²) in [6, 6.07) is 3.32. The molecule has 0 atom stereocenters. The molecule has 1 N–H and O–H groups in total. The third-order valence-electron chi connectivity index (χ3n) is 3.56. The maximum absolute atomic E-state index is 13.4. The number of nitrogens with zero attached hydrogens (tertiary/aromatic N) is 1. The number of amides is 1. The number of rotatable bonds is 4. The molecule has 2 fully saturated rings. The summed E-state index contributed by atoms with van der Waals surface area (Å²) in [7, 11) is 0. The Kier molecular flexibility index (Phi) is 2.57. The molecular weight excluding hydrogens is 219 g/mol. The topological polar surface area (TPSA) is 42.0 Å². The first kappa shape index (κ1) is 10.7. The standard InChI is InChI=1S/C13H15FN2O/c14-12-10(2-1-7-15-12)13(17)16-11(8-3-4-8)9-5-6-9/h1-2,7-9,11H,3-6H2,(H,16,17). The van der Waals surface area contributed by atoms with Gasteiger partial charge in [0.1, 0.15) is 0 Å². The van der Waals surface area contributed by atoms with E-state index in [1.165, 1.54) is 37.9 Å². The van der Waals surface area contributed by atoms with Gasteiger partial charge in [-0.3, -0.25) is 4.79 Å². The number of halogens is 1. The Morgan fingerprint density at radius 3 is 2.53 bits per heavy atom. The molecule has 1 amide bonds. The van der Waals surface area contributed by atoms with Crippen LogP contribution in [0.2, 0.25) is 0 Å². The predicted octanol–water partition coefficient (Wildman–Crippen LogP) is 2.14. The number of carbonyl (C=O) groups excluding carboxylic acids is 1. The minimum atomic E-state index is -0.685. The molecule has 0 aromatic carbocycles. The summed E-state index contributed by atoms with van der Waals surface area (Å²) in [5.41, 5.74) is 0.0544. The second-order valence-electron chi connectivity index (χ2n) is 5.02. The Hall–Kier alpha value is -1.45. The van der Waals surface area contributed by atoms with E-state index < -0.39 is 5.95 Å². The SMILES string of the molecule is O=C(NC(C1CC1)C1CC1)c1cccnc1F. The van der Waals surface area contributed by atoms with Crippen LogP contribution in [0.4, 0.5) is 4.39 Å². The van der Waals surface area contributed by atoms with Crippen molar-refractivity contribution in [3.63, 3.8) is 0 Å². The van der Waals surface area contributed by atoms with Crippen molar-refractivity contribution in [1.29, 1.82) is 0 Å². The summed E-state index contributed by atoms with van der Waals surface area (Å²) in [5, 5.41) is 2.98. The van der Waals surface area contributed by atoms with Crippen LogP contribution < -0.4 is 5.32 Å². The molecule has 17 heavy (non-hydrogen) atoms. The fraction of sp³-hybridized carbons (Fsp3) is 0.538. The molecule has 0 spiro atoms. The van der Waals surface area contributed by atoms with Crippen molar-refractivity contribution >= 4 is 5.91 Å². The largest absolute Gasteiger partial charge is 0.349 e. The fourth-order valence-electron chi connectivity index (χ4n) is 2.32. The van der Waals surface area contributed by atoms with E-state index in [0.29, 0.717) is 11.8 Å². The zero-order valence-electron chi connectivity index (χ0n) is 9.53. The van der Waals surface area contributed by atoms with E-state index in [1.807, 2.05) is 0 Å². The molecule has 0 aliphatic heterocycles. The van der Waals surface area contributed by atoms with Crippen LogP contribution in [-0.4, -0.2) is 16.9 Å². The van der Waals surface area contributed by atoms with E-state index in [0.717, 1.165) is 0 Å². The van der Waals surface area contributed by atoms with E-state index >= 15 is 0 Å². The van der Waals surface area contributed by atoms with Gasteiger partial charge in [0, 0.05) is 12.2 Å². The highest BCUT2D eigenvalue weighted by Gasteiger charge is 2.42. The van der Waals surface area contributed by atoms with Crippen LogP contribution in [0.25, 0.3) is 0 Å². The van der Waals surface area contributed by atoms with E-state index in [1.54, 1.807) is 6.07 Å². The average molecular weight is 234 g/mol. The van der Waals surface area contributed by atoms with Crippen LogP contribution in [0.1, 0.15) is 36.0 Å². The van der Waals surface area contributed by atoms with Crippen LogP contribution in [-0.2, 0) is 0 Å². The third-order valence-corrected chi connectivity index (χ3v) is 3.56. The van der Waals surface area contributed by atoms with Gasteiger partial charge in [-0.2, -0.15) is 4.39 Å². The van der Waals surface area contributed by atoms with E-state index in [9.17, 15) is 9.18 Å². The lowest BCUT2D eigenvalue weighted by molar-refractivity contribution is 0.0921. The molecule has 2 aliphatic carbocycles. The Morgan fingerprint density at radius 2 is 2.00 bits per heavy atom. The Morgan fingerprint density at radius 1 is 1.35 bits per heavy atom. The maximum Gasteiger partial charge on any atom is 0.256 e. The fourth-order valence-corrected chi connectivity index (χ4v) is 2.32. The Balaban J connectivity index is 1.71. The van der Waals surface area contributed by atoms with Crippen molar-refractivity contribution in [2.45, 2.75) is 31.7 Å². The van der Waals surface area contributed by atoms with Crippen molar-refractivity contribution in [1.82, 2.24) is 10.3 Å². The number of pyridine rings is 1. The van der Waals surface area contributed by atoms with Crippen molar-refractivity contribution in [3.8, 4) is 0 Å². The van der Waals surface area contributed by atoms with Gasteiger partial charge in [0.05, 0.1) is 5.56 Å². The van der Waals surface area contributed by atoms with Crippen molar-refractivity contribution in [3.05, 3.63) is 29.8 Å². The first-order valence-electron chi connectivity index (χ1n) is 6.17. The molecule has 0 bridgehead atoms. The van der Waals surface area contributed by atoms with Gasteiger partial charge in [-0.15, -0.1) is 0 Å². The van der Waals surface area contributed by atoms with E-state index in [-0.39, 0.29) is 17.5 Å². The van der Waals surface area contributed by atoms with Gasteiger partial charge in [-0.1, -0.05) is 0 Å². The lowest BCUT2D eigenvalue weighted by Crippen LogP contribution is -2.38. The zero-order chi connectivity index (χ0) is 11.8. The monoisotopic (exact) mass is 234 g/mol. The van der Waals surface area contributed by atoms with E-state index in [4.69, 9.17) is 0 Å². The summed E-state index contributed by atoms with van der Waals surface area (Å²) in [4.78, 5) is 15.5. The van der Waals surface area contributed by atoms with Crippen LogP contribution >= 0.6 is 0 Å². The lowest BCUT2D eigenvalue weighted by atomic mass is 10.1. The number of hydrogen-bond donors (Lipinski definition) is 1. The highest BCUT2D eigenvalue weighted by Crippen LogP contribution is 2.44. The molecule has 2 saturated carbocycles. The maximum atomic E-state index is 13.4. The van der Waals surface area contributed by atoms with Crippen LogP contribution in [0.5, 0.6) is 0 Å². The number of nitrogens with one attached hydrogen (secondary N) is 1. The normalized spacial score (nSPS) is 19.4. The number of carbonyl (C=O) groups is 1. The molecule has 0 unspecified atom stereocenters. The summed E-state index contributed by atoms with van der Waals surface area (Å²) >= 11 is 0. The quantitative estimate of drug-likeness (QED) is 0.811. The number of aromatic nitrogens is 1. The first-order chi connectivity index (χ1) is 8.25. The summed E-state index contributed by atoms with van der Waals surface area (Å²) in [5.74, 6) is 0.229. The van der Waals surface area contributed by atoms with Gasteiger partial charge in [-0.25, -0.2) is 4.98 Å². The van der Waals surface area contributed by atoms with Crippen LogP contribution in [0.15, 0.2) is 18.3 Å². The minimum Gasteiger partial charge on any atom is -0.349 e. The molecule has 1 aromatic heterocycles. The van der Waals surface area contributed by atoms with Crippen LogP contribution in [0.3, 0.4) is 0 Å². The molecule has 1 aromatic rings. The summed E-state index contributed by atoms with van der Waals surface area (Å²) < 4.78 is 13.4.